The summed E-state index contributed by atoms with van der Waals surface area (Å²) in [6.45, 7) is 1.87. The summed E-state index contributed by atoms with van der Waals surface area (Å²) in [5.74, 6) is -0.974. The number of carbonyl (C=O) groups is 2. The number of anilines is 1. The van der Waals surface area contributed by atoms with Crippen LogP contribution >= 0.6 is 0 Å². The van der Waals surface area contributed by atoms with Crippen LogP contribution in [0.5, 0.6) is 5.75 Å². The third-order valence-corrected chi connectivity index (χ3v) is 6.24. The first-order valence-corrected chi connectivity index (χ1v) is 11.5. The van der Waals surface area contributed by atoms with E-state index in [1.165, 1.54) is 38.4 Å². The summed E-state index contributed by atoms with van der Waals surface area (Å²) in [5.41, 5.74) is 1.78. The van der Waals surface area contributed by atoms with Gasteiger partial charge >= 0.3 is 5.97 Å². The van der Waals surface area contributed by atoms with Gasteiger partial charge in [0.1, 0.15) is 5.75 Å². The first-order valence-electron chi connectivity index (χ1n) is 10.00. The molecule has 0 heterocycles. The zero-order valence-corrected chi connectivity index (χ0v) is 19.2. The first kappa shape index (κ1) is 24.0. The first-order chi connectivity index (χ1) is 15.7. The lowest BCUT2D eigenvalue weighted by Crippen LogP contribution is -2.26. The van der Waals surface area contributed by atoms with Crippen LogP contribution in [0.25, 0.3) is 0 Å². The Hall–Kier alpha value is -3.69. The van der Waals surface area contributed by atoms with Crippen LogP contribution in [0.15, 0.2) is 77.7 Å². The highest BCUT2D eigenvalue weighted by molar-refractivity contribution is 7.89. The predicted octanol–water partition coefficient (Wildman–Crippen LogP) is 3.45. The molecule has 0 aromatic heterocycles. The van der Waals surface area contributed by atoms with Gasteiger partial charge in [0.2, 0.25) is 16.1 Å². The summed E-state index contributed by atoms with van der Waals surface area (Å²) in [6.07, 6.45) is -1.28. The van der Waals surface area contributed by atoms with Crippen LogP contribution in [-0.2, 0) is 19.6 Å². The Bertz CT molecular complexity index is 1260. The maximum atomic E-state index is 13.2. The molecule has 1 amide bonds. The molecule has 3 aromatic rings. The minimum Gasteiger partial charge on any atom is -0.495 e. The summed E-state index contributed by atoms with van der Waals surface area (Å²) in [5, 5.41) is 2.76. The monoisotopic (exact) mass is 468 g/mol. The largest absolute Gasteiger partial charge is 0.495 e. The molecule has 33 heavy (non-hydrogen) atoms. The zero-order chi connectivity index (χ0) is 24.0. The normalized spacial score (nSPS) is 12.0. The Morgan fingerprint density at radius 1 is 0.939 bits per heavy atom. The van der Waals surface area contributed by atoms with Crippen molar-refractivity contribution >= 4 is 27.6 Å². The average Bonchev–Trinajstić information content (AvgIpc) is 2.83. The molecule has 0 spiro atoms. The van der Waals surface area contributed by atoms with Crippen LogP contribution in [0.3, 0.4) is 0 Å². The number of esters is 1. The van der Waals surface area contributed by atoms with Crippen LogP contribution in [0.4, 0.5) is 5.69 Å². The molecule has 0 radical (unpaired) electrons. The van der Waals surface area contributed by atoms with E-state index in [1.807, 2.05) is 13.0 Å². The molecule has 1 atom stereocenters. The van der Waals surface area contributed by atoms with E-state index in [4.69, 9.17) is 9.47 Å². The van der Waals surface area contributed by atoms with E-state index in [9.17, 15) is 18.0 Å². The zero-order valence-electron chi connectivity index (χ0n) is 18.4. The Balaban J connectivity index is 1.91. The highest BCUT2D eigenvalue weighted by Gasteiger charge is 2.27. The van der Waals surface area contributed by atoms with Crippen LogP contribution in [0.2, 0.25) is 0 Å². The number of ether oxygens (including phenoxy) is 2. The number of carbonyl (C=O) groups excluding carboxylic acids is 2. The summed E-state index contributed by atoms with van der Waals surface area (Å²) in [6, 6.07) is 19.2. The van der Waals surface area contributed by atoms with Crippen molar-refractivity contribution in [1.82, 2.24) is 4.72 Å². The standard InChI is InChI=1S/C24H24N2O6S/c1-16-12-13-21(31-3)20(14-16)26-23(27)22(17-8-5-4-6-9-17)32-24(28)18-10-7-11-19(15-18)33(29,30)25-2/h4-15,22,25H,1-3H3,(H,26,27). The fourth-order valence-electron chi connectivity index (χ4n) is 3.10. The Kier molecular flexibility index (Phi) is 7.47. The van der Waals surface area contributed by atoms with Gasteiger partial charge in [-0.15, -0.1) is 0 Å². The molecule has 3 aromatic carbocycles. The summed E-state index contributed by atoms with van der Waals surface area (Å²) in [7, 11) is -0.994. The van der Waals surface area contributed by atoms with Gasteiger partial charge in [-0.05, 0) is 49.9 Å². The number of benzene rings is 3. The van der Waals surface area contributed by atoms with Crippen molar-refractivity contribution in [3.05, 3.63) is 89.5 Å². The van der Waals surface area contributed by atoms with Crippen molar-refractivity contribution in [2.24, 2.45) is 0 Å². The minimum atomic E-state index is -3.75. The molecular formula is C24H24N2O6S. The van der Waals surface area contributed by atoms with Gasteiger partial charge in [0.25, 0.3) is 5.91 Å². The second-order valence-corrected chi connectivity index (χ2v) is 9.01. The summed E-state index contributed by atoms with van der Waals surface area (Å²) in [4.78, 5) is 26.0. The van der Waals surface area contributed by atoms with Gasteiger partial charge in [0.05, 0.1) is 23.3 Å². The number of amides is 1. The third-order valence-electron chi connectivity index (χ3n) is 4.83. The number of nitrogens with one attached hydrogen (secondary N) is 2. The van der Waals surface area contributed by atoms with Gasteiger partial charge in [0, 0.05) is 5.56 Å². The second-order valence-electron chi connectivity index (χ2n) is 7.12. The fraction of sp³-hybridized carbons (Fsp3) is 0.167. The van der Waals surface area contributed by atoms with E-state index in [0.717, 1.165) is 5.56 Å². The lowest BCUT2D eigenvalue weighted by atomic mass is 10.1. The lowest BCUT2D eigenvalue weighted by Gasteiger charge is -2.19. The van der Waals surface area contributed by atoms with Crippen molar-refractivity contribution in [3.63, 3.8) is 0 Å². The van der Waals surface area contributed by atoms with E-state index in [2.05, 4.69) is 10.0 Å². The number of aryl methyl sites for hydroxylation is 1. The highest BCUT2D eigenvalue weighted by atomic mass is 32.2. The molecule has 0 fully saturated rings. The second kappa shape index (κ2) is 10.3. The van der Waals surface area contributed by atoms with Gasteiger partial charge in [0.15, 0.2) is 0 Å². The molecule has 0 aliphatic rings. The topological polar surface area (TPSA) is 111 Å². The van der Waals surface area contributed by atoms with Crippen LogP contribution in [0, 0.1) is 6.92 Å². The Morgan fingerprint density at radius 2 is 1.67 bits per heavy atom. The predicted molar refractivity (Wildman–Crippen MR) is 124 cm³/mol. The van der Waals surface area contributed by atoms with Gasteiger partial charge in [-0.25, -0.2) is 17.9 Å². The smallest absolute Gasteiger partial charge is 0.339 e. The van der Waals surface area contributed by atoms with Crippen LogP contribution in [-0.4, -0.2) is 34.5 Å². The maximum Gasteiger partial charge on any atom is 0.339 e. The number of methoxy groups -OCH3 is 1. The molecule has 1 unspecified atom stereocenters. The maximum absolute atomic E-state index is 13.2. The van der Waals surface area contributed by atoms with E-state index in [0.29, 0.717) is 17.0 Å². The molecule has 0 bridgehead atoms. The van der Waals surface area contributed by atoms with Gasteiger partial charge in [-0.1, -0.05) is 42.5 Å². The van der Waals surface area contributed by atoms with Gasteiger partial charge < -0.3 is 14.8 Å². The lowest BCUT2D eigenvalue weighted by molar-refractivity contribution is -0.125. The van der Waals surface area contributed by atoms with E-state index >= 15 is 0 Å². The molecule has 3 rings (SSSR count). The van der Waals surface area contributed by atoms with Crippen LogP contribution < -0.4 is 14.8 Å². The quantitative estimate of drug-likeness (QED) is 0.490. The van der Waals surface area contributed by atoms with Crippen molar-refractivity contribution < 1.29 is 27.5 Å². The molecule has 0 saturated carbocycles. The van der Waals surface area contributed by atoms with Crippen molar-refractivity contribution in [3.8, 4) is 5.75 Å². The fourth-order valence-corrected chi connectivity index (χ4v) is 3.88. The van der Waals surface area contributed by atoms with Gasteiger partial charge in [-0.2, -0.15) is 0 Å². The molecule has 172 valence electrons. The molecule has 2 N–H and O–H groups in total. The van der Waals surface area contributed by atoms with Crippen molar-refractivity contribution in [1.29, 1.82) is 0 Å². The molecular weight excluding hydrogens is 444 g/mol. The van der Waals surface area contributed by atoms with E-state index in [1.54, 1.807) is 42.5 Å². The number of sulfonamides is 1. The van der Waals surface area contributed by atoms with Gasteiger partial charge in [-0.3, -0.25) is 4.79 Å². The van der Waals surface area contributed by atoms with Crippen molar-refractivity contribution in [2.75, 3.05) is 19.5 Å². The molecule has 0 saturated heterocycles. The Labute approximate surface area is 192 Å². The molecule has 0 aliphatic heterocycles. The SMILES string of the molecule is CNS(=O)(=O)c1cccc(C(=O)OC(C(=O)Nc2cc(C)ccc2OC)c2ccccc2)c1. The number of hydrogen-bond acceptors (Lipinski definition) is 6. The Morgan fingerprint density at radius 3 is 2.33 bits per heavy atom. The third kappa shape index (κ3) is 5.76. The molecule has 8 nitrogen and oxygen atoms in total. The average molecular weight is 469 g/mol. The highest BCUT2D eigenvalue weighted by Crippen LogP contribution is 2.28. The number of rotatable bonds is 8. The van der Waals surface area contributed by atoms with Crippen molar-refractivity contribution in [2.45, 2.75) is 17.9 Å². The number of hydrogen-bond donors (Lipinski definition) is 2. The summed E-state index contributed by atoms with van der Waals surface area (Å²) >= 11 is 0. The minimum absolute atomic E-state index is 0.00630. The van der Waals surface area contributed by atoms with Crippen LogP contribution in [0.1, 0.15) is 27.6 Å². The van der Waals surface area contributed by atoms with E-state index in [-0.39, 0.29) is 10.5 Å². The van der Waals surface area contributed by atoms with E-state index < -0.39 is 28.0 Å². The molecule has 9 heteroatoms. The summed E-state index contributed by atoms with van der Waals surface area (Å²) < 4.78 is 37.2. The molecule has 0 aliphatic carbocycles.